The van der Waals surface area contributed by atoms with E-state index in [0.717, 1.165) is 43.7 Å². The van der Waals surface area contributed by atoms with Gasteiger partial charge in [0, 0.05) is 43.3 Å². The molecule has 4 heteroatoms. The standard InChI is InChI=1S/C18H21N3O/c1-2-3-9-20-18(22)14-4-6-17(7-5-14)21-12-15-8-10-19-11-16(15)13-21/h4-8,10-11H,2-3,9,12-13H2,1H3,(H,20,22). The summed E-state index contributed by atoms with van der Waals surface area (Å²) >= 11 is 0. The molecule has 0 unspecified atom stereocenters. The van der Waals surface area contributed by atoms with Crippen LogP contribution < -0.4 is 10.2 Å². The molecule has 3 rings (SSSR count). The monoisotopic (exact) mass is 295 g/mol. The highest BCUT2D eigenvalue weighted by atomic mass is 16.1. The molecule has 2 aromatic rings. The molecule has 0 bridgehead atoms. The van der Waals surface area contributed by atoms with E-state index in [4.69, 9.17) is 0 Å². The smallest absolute Gasteiger partial charge is 0.251 e. The molecule has 0 aliphatic carbocycles. The summed E-state index contributed by atoms with van der Waals surface area (Å²) in [5, 5.41) is 2.94. The van der Waals surface area contributed by atoms with Gasteiger partial charge in [0.1, 0.15) is 0 Å². The molecule has 1 aliphatic rings. The average molecular weight is 295 g/mol. The van der Waals surface area contributed by atoms with Crippen molar-refractivity contribution >= 4 is 11.6 Å². The van der Waals surface area contributed by atoms with Crippen LogP contribution in [0.1, 0.15) is 41.3 Å². The predicted molar refractivity (Wildman–Crippen MR) is 87.8 cm³/mol. The van der Waals surface area contributed by atoms with Gasteiger partial charge in [0.05, 0.1) is 0 Å². The summed E-state index contributed by atoms with van der Waals surface area (Å²) in [7, 11) is 0. The van der Waals surface area contributed by atoms with Crippen molar-refractivity contribution in [3.8, 4) is 0 Å². The summed E-state index contributed by atoms with van der Waals surface area (Å²) in [6.45, 7) is 4.64. The second-order valence-corrected chi connectivity index (χ2v) is 5.66. The van der Waals surface area contributed by atoms with Gasteiger partial charge < -0.3 is 10.2 Å². The van der Waals surface area contributed by atoms with Crippen molar-refractivity contribution in [2.45, 2.75) is 32.9 Å². The largest absolute Gasteiger partial charge is 0.363 e. The summed E-state index contributed by atoms with van der Waals surface area (Å²) in [6, 6.07) is 9.92. The quantitative estimate of drug-likeness (QED) is 0.862. The lowest BCUT2D eigenvalue weighted by molar-refractivity contribution is 0.0953. The van der Waals surface area contributed by atoms with Crippen molar-refractivity contribution in [2.75, 3.05) is 11.4 Å². The minimum absolute atomic E-state index is 0.00825. The van der Waals surface area contributed by atoms with Crippen molar-refractivity contribution in [1.29, 1.82) is 0 Å². The van der Waals surface area contributed by atoms with Crippen molar-refractivity contribution in [1.82, 2.24) is 10.3 Å². The number of anilines is 1. The van der Waals surface area contributed by atoms with E-state index in [1.807, 2.05) is 36.7 Å². The van der Waals surface area contributed by atoms with Gasteiger partial charge in [0.15, 0.2) is 0 Å². The number of pyridine rings is 1. The fraction of sp³-hybridized carbons (Fsp3) is 0.333. The maximum atomic E-state index is 12.0. The molecule has 22 heavy (non-hydrogen) atoms. The molecule has 2 heterocycles. The number of carbonyl (C=O) groups is 1. The van der Waals surface area contributed by atoms with Gasteiger partial charge in [-0.1, -0.05) is 13.3 Å². The van der Waals surface area contributed by atoms with E-state index in [9.17, 15) is 4.79 Å². The first-order valence-electron chi connectivity index (χ1n) is 7.83. The van der Waals surface area contributed by atoms with E-state index in [1.54, 1.807) is 0 Å². The Bertz CT molecular complexity index is 627. The van der Waals surface area contributed by atoms with Gasteiger partial charge in [-0.2, -0.15) is 0 Å². The van der Waals surface area contributed by atoms with E-state index in [2.05, 4.69) is 28.2 Å². The number of carbonyl (C=O) groups excluding carboxylic acids is 1. The molecule has 4 nitrogen and oxygen atoms in total. The fourth-order valence-electron chi connectivity index (χ4n) is 2.71. The van der Waals surface area contributed by atoms with Crippen molar-refractivity contribution < 1.29 is 4.79 Å². The van der Waals surface area contributed by atoms with Crippen molar-refractivity contribution in [3.05, 3.63) is 59.4 Å². The molecule has 0 saturated carbocycles. The number of benzene rings is 1. The zero-order valence-electron chi connectivity index (χ0n) is 12.9. The maximum absolute atomic E-state index is 12.0. The van der Waals surface area contributed by atoms with Gasteiger partial charge in [-0.15, -0.1) is 0 Å². The Morgan fingerprint density at radius 1 is 1.18 bits per heavy atom. The molecule has 1 aromatic heterocycles. The number of hydrogen-bond donors (Lipinski definition) is 1. The molecule has 1 aliphatic heterocycles. The first-order valence-corrected chi connectivity index (χ1v) is 7.83. The molecule has 1 N–H and O–H groups in total. The van der Waals surface area contributed by atoms with E-state index in [0.29, 0.717) is 0 Å². The number of unbranched alkanes of at least 4 members (excludes halogenated alkanes) is 1. The molecular formula is C18H21N3O. The van der Waals surface area contributed by atoms with Crippen LogP contribution in [-0.2, 0) is 13.1 Å². The highest BCUT2D eigenvalue weighted by molar-refractivity contribution is 5.94. The lowest BCUT2D eigenvalue weighted by Gasteiger charge is -2.18. The second kappa shape index (κ2) is 6.60. The number of rotatable bonds is 5. The number of aromatic nitrogens is 1. The van der Waals surface area contributed by atoms with Crippen LogP contribution in [0.15, 0.2) is 42.7 Å². The van der Waals surface area contributed by atoms with Crippen molar-refractivity contribution in [3.63, 3.8) is 0 Å². The zero-order chi connectivity index (χ0) is 15.4. The molecule has 0 spiro atoms. The molecule has 0 radical (unpaired) electrons. The summed E-state index contributed by atoms with van der Waals surface area (Å²) in [5.74, 6) is 0.00825. The van der Waals surface area contributed by atoms with Crippen LogP contribution >= 0.6 is 0 Å². The predicted octanol–water partition coefficient (Wildman–Crippen LogP) is 3.13. The summed E-state index contributed by atoms with van der Waals surface area (Å²) in [6.07, 6.45) is 5.88. The lowest BCUT2D eigenvalue weighted by Crippen LogP contribution is -2.24. The third-order valence-corrected chi connectivity index (χ3v) is 4.04. The summed E-state index contributed by atoms with van der Waals surface area (Å²) in [4.78, 5) is 18.5. The molecule has 0 atom stereocenters. The summed E-state index contributed by atoms with van der Waals surface area (Å²) in [5.41, 5.74) is 4.47. The van der Waals surface area contributed by atoms with Crippen LogP contribution in [0.25, 0.3) is 0 Å². The first-order chi connectivity index (χ1) is 10.8. The Labute approximate surface area is 131 Å². The second-order valence-electron chi connectivity index (χ2n) is 5.66. The maximum Gasteiger partial charge on any atom is 0.251 e. The molecule has 0 saturated heterocycles. The van der Waals surface area contributed by atoms with Crippen LogP contribution in [0.5, 0.6) is 0 Å². The van der Waals surface area contributed by atoms with Gasteiger partial charge in [-0.25, -0.2) is 0 Å². The average Bonchev–Trinajstić information content (AvgIpc) is 2.99. The van der Waals surface area contributed by atoms with E-state index < -0.39 is 0 Å². The topological polar surface area (TPSA) is 45.2 Å². The van der Waals surface area contributed by atoms with Gasteiger partial charge in [-0.05, 0) is 47.9 Å². The van der Waals surface area contributed by atoms with E-state index in [-0.39, 0.29) is 5.91 Å². The van der Waals surface area contributed by atoms with Gasteiger partial charge >= 0.3 is 0 Å². The van der Waals surface area contributed by atoms with Gasteiger partial charge in [-0.3, -0.25) is 9.78 Å². The third kappa shape index (κ3) is 3.11. The highest BCUT2D eigenvalue weighted by Gasteiger charge is 2.19. The van der Waals surface area contributed by atoms with Crippen LogP contribution in [-0.4, -0.2) is 17.4 Å². The lowest BCUT2D eigenvalue weighted by atomic mass is 10.2. The Morgan fingerprint density at radius 3 is 2.68 bits per heavy atom. The summed E-state index contributed by atoms with van der Waals surface area (Å²) < 4.78 is 0. The van der Waals surface area contributed by atoms with Gasteiger partial charge in [0.2, 0.25) is 0 Å². The number of hydrogen-bond acceptors (Lipinski definition) is 3. The molecule has 1 amide bonds. The van der Waals surface area contributed by atoms with E-state index in [1.165, 1.54) is 11.1 Å². The number of fused-ring (bicyclic) bond motifs is 1. The van der Waals surface area contributed by atoms with Crippen LogP contribution in [0.2, 0.25) is 0 Å². The Morgan fingerprint density at radius 2 is 1.95 bits per heavy atom. The molecule has 114 valence electrons. The number of nitrogens with zero attached hydrogens (tertiary/aromatic N) is 2. The van der Waals surface area contributed by atoms with Crippen LogP contribution in [0, 0.1) is 0 Å². The molecular weight excluding hydrogens is 274 g/mol. The zero-order valence-corrected chi connectivity index (χ0v) is 12.9. The van der Waals surface area contributed by atoms with Crippen LogP contribution in [0.4, 0.5) is 5.69 Å². The van der Waals surface area contributed by atoms with Crippen LogP contribution in [0.3, 0.4) is 0 Å². The number of amides is 1. The van der Waals surface area contributed by atoms with Gasteiger partial charge in [0.25, 0.3) is 5.91 Å². The highest BCUT2D eigenvalue weighted by Crippen LogP contribution is 2.27. The SMILES string of the molecule is CCCCNC(=O)c1ccc(N2Cc3ccncc3C2)cc1. The first kappa shape index (κ1) is 14.6. The Hall–Kier alpha value is -2.36. The Balaban J connectivity index is 1.64. The minimum atomic E-state index is 0.00825. The molecule has 0 fully saturated rings. The third-order valence-electron chi connectivity index (χ3n) is 4.04. The number of nitrogens with one attached hydrogen (secondary N) is 1. The van der Waals surface area contributed by atoms with E-state index >= 15 is 0 Å². The molecule has 1 aromatic carbocycles. The minimum Gasteiger partial charge on any atom is -0.363 e. The van der Waals surface area contributed by atoms with Crippen molar-refractivity contribution in [2.24, 2.45) is 0 Å². The Kier molecular flexibility index (Phi) is 4.37. The fourth-order valence-corrected chi connectivity index (χ4v) is 2.71. The normalized spacial score (nSPS) is 13.0.